The molecule has 8 rings (SSSR count). The summed E-state index contributed by atoms with van der Waals surface area (Å²) in [6, 6.07) is 47.9. The van der Waals surface area contributed by atoms with Gasteiger partial charge in [0.2, 0.25) is 0 Å². The third-order valence-electron chi connectivity index (χ3n) is 8.49. The number of hydrogen-bond donors (Lipinski definition) is 0. The molecule has 7 heteroatoms. The van der Waals surface area contributed by atoms with Gasteiger partial charge in [-0.2, -0.15) is 17.2 Å². The molecule has 0 saturated heterocycles. The number of benzene rings is 5. The summed E-state index contributed by atoms with van der Waals surface area (Å²) in [4.78, 5) is 4.71. The number of fused-ring (bicyclic) bond motifs is 3. The molecule has 0 atom stereocenters. The summed E-state index contributed by atoms with van der Waals surface area (Å²) in [5.41, 5.74) is 9.23. The Morgan fingerprint density at radius 1 is 0.667 bits per heavy atom. The fourth-order valence-corrected chi connectivity index (χ4v) is 6.32. The number of rotatable bonds is 7. The van der Waals surface area contributed by atoms with Gasteiger partial charge >= 0.3 is 21.1 Å². The Balaban J connectivity index is 0.00000364. The van der Waals surface area contributed by atoms with Crippen LogP contribution in [-0.4, -0.2) is 26.4 Å². The zero-order valence-corrected chi connectivity index (χ0v) is 28.8. The van der Waals surface area contributed by atoms with Crippen LogP contribution in [0.15, 0.2) is 128 Å². The minimum absolute atomic E-state index is 0. The number of aryl methyl sites for hydroxylation is 1. The van der Waals surface area contributed by atoms with Crippen LogP contribution in [0.1, 0.15) is 11.4 Å². The first-order chi connectivity index (χ1) is 23.1. The number of methoxy groups -OCH3 is 1. The monoisotopic (exact) mass is 805 g/mol. The molecule has 3 aromatic heterocycles. The van der Waals surface area contributed by atoms with Crippen LogP contribution in [0.4, 0.5) is 0 Å². The van der Waals surface area contributed by atoms with E-state index >= 15 is 0 Å². The quantitative estimate of drug-likeness (QED) is 0.151. The molecule has 0 radical (unpaired) electrons. The second-order valence-electron chi connectivity index (χ2n) is 11.4. The van der Waals surface area contributed by atoms with Gasteiger partial charge in [0.1, 0.15) is 11.6 Å². The van der Waals surface area contributed by atoms with E-state index in [0.717, 1.165) is 72.7 Å². The van der Waals surface area contributed by atoms with E-state index in [4.69, 9.17) is 19.6 Å². The van der Waals surface area contributed by atoms with Crippen LogP contribution in [0.5, 0.6) is 17.2 Å². The average molecular weight is 806 g/mol. The van der Waals surface area contributed by atoms with Crippen LogP contribution in [0.25, 0.3) is 55.6 Å². The largest absolute Gasteiger partial charge is 2.00 e. The number of nitrogens with zero attached hydrogens (tertiary/aromatic N) is 4. The first-order valence-electron chi connectivity index (χ1n) is 15.5. The zero-order chi connectivity index (χ0) is 31.9. The molecular weight excluding hydrogens is 776 g/mol. The summed E-state index contributed by atoms with van der Waals surface area (Å²) in [5.74, 6) is 2.60. The van der Waals surface area contributed by atoms with E-state index in [2.05, 4.69) is 84.3 Å². The fourth-order valence-electron chi connectivity index (χ4n) is 6.32. The maximum atomic E-state index is 6.42. The molecule has 0 bridgehead atoms. The molecule has 48 heavy (non-hydrogen) atoms. The van der Waals surface area contributed by atoms with E-state index in [1.54, 1.807) is 13.3 Å². The first-order valence-corrected chi connectivity index (χ1v) is 15.5. The first kappa shape index (κ1) is 31.2. The summed E-state index contributed by atoms with van der Waals surface area (Å²) in [7, 11) is 1.66. The molecule has 0 saturated carbocycles. The zero-order valence-electron chi connectivity index (χ0n) is 26.5. The van der Waals surface area contributed by atoms with Crippen molar-refractivity contribution in [2.75, 3.05) is 7.11 Å². The maximum absolute atomic E-state index is 6.42. The normalized spacial score (nSPS) is 11.1. The molecule has 0 fully saturated rings. The Labute approximate surface area is 293 Å². The van der Waals surface area contributed by atoms with Crippen molar-refractivity contribution in [3.05, 3.63) is 151 Å². The third kappa shape index (κ3) is 5.59. The summed E-state index contributed by atoms with van der Waals surface area (Å²) in [6.07, 6.45) is 1.76. The van der Waals surface area contributed by atoms with Gasteiger partial charge in [-0.1, -0.05) is 78.3 Å². The van der Waals surface area contributed by atoms with Crippen LogP contribution in [0, 0.1) is 26.0 Å². The van der Waals surface area contributed by atoms with E-state index in [-0.39, 0.29) is 21.1 Å². The Morgan fingerprint density at radius 3 is 2.19 bits per heavy atom. The van der Waals surface area contributed by atoms with Crippen LogP contribution in [0.2, 0.25) is 0 Å². The van der Waals surface area contributed by atoms with Crippen molar-refractivity contribution in [2.45, 2.75) is 13.8 Å². The van der Waals surface area contributed by atoms with Crippen molar-refractivity contribution >= 4 is 21.8 Å². The van der Waals surface area contributed by atoms with Crippen LogP contribution >= 0.6 is 0 Å². The summed E-state index contributed by atoms with van der Waals surface area (Å²) in [5, 5.41) is 7.00. The Bertz CT molecular complexity index is 2400. The minimum Gasteiger partial charge on any atom is -0.509 e. The van der Waals surface area contributed by atoms with Gasteiger partial charge in [0.25, 0.3) is 0 Å². The second-order valence-corrected chi connectivity index (χ2v) is 11.4. The molecule has 0 aliphatic rings. The van der Waals surface area contributed by atoms with Crippen molar-refractivity contribution in [1.29, 1.82) is 0 Å². The van der Waals surface area contributed by atoms with Crippen molar-refractivity contribution in [2.24, 2.45) is 0 Å². The van der Waals surface area contributed by atoms with Crippen molar-refractivity contribution < 1.29 is 30.5 Å². The second kappa shape index (κ2) is 13.0. The smallest absolute Gasteiger partial charge is 0.509 e. The van der Waals surface area contributed by atoms with Gasteiger partial charge in [-0.3, -0.25) is 4.68 Å². The molecule has 6 nitrogen and oxygen atoms in total. The Morgan fingerprint density at radius 2 is 1.42 bits per heavy atom. The van der Waals surface area contributed by atoms with Crippen LogP contribution in [-0.2, 0) is 21.1 Å². The Kier molecular flexibility index (Phi) is 8.43. The van der Waals surface area contributed by atoms with Gasteiger partial charge in [-0.05, 0) is 53.7 Å². The molecule has 0 unspecified atom stereocenters. The third-order valence-corrected chi connectivity index (χ3v) is 8.49. The van der Waals surface area contributed by atoms with Crippen LogP contribution in [0.3, 0.4) is 0 Å². The number of aromatic nitrogens is 4. The molecule has 0 aliphatic carbocycles. The SMILES string of the molecule is COc1ccnc(-n2c3[c-]c(Oc4[c-]c(-n5nc(C)c(-c6ccccc6)c5C)ccc4)ccc3c3cc(-c4ccccc4)ccc32)c1.[Pt+2]. The van der Waals surface area contributed by atoms with Crippen molar-refractivity contribution in [1.82, 2.24) is 19.3 Å². The number of hydrogen-bond acceptors (Lipinski definition) is 4. The molecule has 5 aromatic carbocycles. The molecular formula is C41H30N4O2Pt. The van der Waals surface area contributed by atoms with Gasteiger partial charge in [-0.25, -0.2) is 4.98 Å². The molecule has 8 aromatic rings. The van der Waals surface area contributed by atoms with E-state index in [0.29, 0.717) is 11.5 Å². The van der Waals surface area contributed by atoms with E-state index in [1.807, 2.05) is 72.3 Å². The van der Waals surface area contributed by atoms with E-state index in [1.165, 1.54) is 0 Å². The summed E-state index contributed by atoms with van der Waals surface area (Å²) >= 11 is 0. The minimum atomic E-state index is 0. The van der Waals surface area contributed by atoms with Gasteiger partial charge in [-0.15, -0.1) is 35.7 Å². The fraction of sp³-hybridized carbons (Fsp3) is 0.0732. The standard InChI is InChI=1S/C41H30N4O2.Pt/c1-27-41(30-13-8-5-9-14-30)28(2)45(43-27)32-15-10-16-34(24-32)47-35-18-19-36-37-23-31(29-11-6-4-7-12-29)17-20-38(37)44(39(36)25-35)40-26-33(46-3)21-22-42-40;/h4-23,26H,1-3H3;/q-2;+2. The topological polar surface area (TPSA) is 54.1 Å². The van der Waals surface area contributed by atoms with Gasteiger partial charge in [0.05, 0.1) is 12.8 Å². The Hall–Kier alpha value is -5.45. The molecule has 0 N–H and O–H groups in total. The molecule has 236 valence electrons. The number of ether oxygens (including phenoxy) is 2. The molecule has 0 amide bonds. The summed E-state index contributed by atoms with van der Waals surface area (Å²) in [6.45, 7) is 4.12. The molecule has 3 heterocycles. The van der Waals surface area contributed by atoms with E-state index in [9.17, 15) is 0 Å². The van der Waals surface area contributed by atoms with Gasteiger partial charge in [0.15, 0.2) is 0 Å². The van der Waals surface area contributed by atoms with Crippen LogP contribution < -0.4 is 9.47 Å². The maximum Gasteiger partial charge on any atom is 2.00 e. The van der Waals surface area contributed by atoms with Gasteiger partial charge < -0.3 is 14.0 Å². The summed E-state index contributed by atoms with van der Waals surface area (Å²) < 4.78 is 16.0. The average Bonchev–Trinajstić information content (AvgIpc) is 3.61. The van der Waals surface area contributed by atoms with Gasteiger partial charge in [0, 0.05) is 40.5 Å². The predicted molar refractivity (Wildman–Crippen MR) is 187 cm³/mol. The van der Waals surface area contributed by atoms with Crippen molar-refractivity contribution in [3.63, 3.8) is 0 Å². The molecule has 0 spiro atoms. The number of pyridine rings is 1. The van der Waals surface area contributed by atoms with E-state index < -0.39 is 0 Å². The molecule has 0 aliphatic heterocycles. The predicted octanol–water partition coefficient (Wildman–Crippen LogP) is 9.71. The van der Waals surface area contributed by atoms with Crippen molar-refractivity contribution in [3.8, 4) is 51.0 Å².